The molecule has 0 aliphatic carbocycles. The number of allylic oxidation sites excluding steroid dienone is 1. The third-order valence-corrected chi connectivity index (χ3v) is 4.75. The molecule has 0 spiro atoms. The topological polar surface area (TPSA) is 34.4 Å². The Labute approximate surface area is 124 Å². The fourth-order valence-electron chi connectivity index (χ4n) is 1.95. The SMILES string of the molecule is C=CCn1c(=NC(=O)c2cccs2)sc2ccccc21. The highest BCUT2D eigenvalue weighted by Gasteiger charge is 2.08. The van der Waals surface area contributed by atoms with Crippen molar-refractivity contribution >= 4 is 38.8 Å². The normalized spacial score (nSPS) is 11.9. The van der Waals surface area contributed by atoms with Gasteiger partial charge in [0.05, 0.1) is 15.1 Å². The molecular weight excluding hydrogens is 288 g/mol. The molecule has 0 fully saturated rings. The van der Waals surface area contributed by atoms with E-state index < -0.39 is 0 Å². The fourth-order valence-corrected chi connectivity index (χ4v) is 3.60. The van der Waals surface area contributed by atoms with Crippen molar-refractivity contribution in [2.24, 2.45) is 4.99 Å². The van der Waals surface area contributed by atoms with Crippen LogP contribution in [0.25, 0.3) is 10.2 Å². The molecule has 0 atom stereocenters. The van der Waals surface area contributed by atoms with Crippen molar-refractivity contribution in [1.29, 1.82) is 0 Å². The molecule has 0 aliphatic rings. The Bertz CT molecular complexity index is 825. The van der Waals surface area contributed by atoms with Crippen molar-refractivity contribution in [2.45, 2.75) is 6.54 Å². The first-order valence-corrected chi connectivity index (χ1v) is 7.81. The van der Waals surface area contributed by atoms with Crippen LogP contribution in [-0.2, 0) is 6.54 Å². The molecule has 0 saturated carbocycles. The van der Waals surface area contributed by atoms with E-state index >= 15 is 0 Å². The molecule has 5 heteroatoms. The summed E-state index contributed by atoms with van der Waals surface area (Å²) in [5.41, 5.74) is 1.08. The van der Waals surface area contributed by atoms with Crippen LogP contribution >= 0.6 is 22.7 Å². The Kier molecular flexibility index (Phi) is 3.62. The van der Waals surface area contributed by atoms with Gasteiger partial charge in [-0.1, -0.05) is 35.6 Å². The number of aromatic nitrogens is 1. The predicted octanol–water partition coefficient (Wildman–Crippen LogP) is 3.69. The van der Waals surface area contributed by atoms with Gasteiger partial charge in [-0.2, -0.15) is 4.99 Å². The maximum absolute atomic E-state index is 12.1. The molecule has 0 aliphatic heterocycles. The number of hydrogen-bond donors (Lipinski definition) is 0. The number of nitrogens with zero attached hydrogens (tertiary/aromatic N) is 2. The molecule has 0 N–H and O–H groups in total. The lowest BCUT2D eigenvalue weighted by atomic mass is 10.3. The average Bonchev–Trinajstić information content (AvgIpc) is 3.08. The highest BCUT2D eigenvalue weighted by molar-refractivity contribution is 7.16. The molecule has 3 nitrogen and oxygen atoms in total. The van der Waals surface area contributed by atoms with Crippen LogP contribution in [0.4, 0.5) is 0 Å². The second-order valence-corrected chi connectivity index (χ2v) is 6.10. The number of hydrogen-bond acceptors (Lipinski definition) is 3. The number of thiazole rings is 1. The summed E-state index contributed by atoms with van der Waals surface area (Å²) in [6.07, 6.45) is 1.81. The number of amides is 1. The first-order valence-electron chi connectivity index (χ1n) is 6.11. The molecule has 3 aromatic rings. The molecule has 20 heavy (non-hydrogen) atoms. The number of rotatable bonds is 3. The van der Waals surface area contributed by atoms with Gasteiger partial charge in [0.25, 0.3) is 5.91 Å². The summed E-state index contributed by atoms with van der Waals surface area (Å²) >= 11 is 2.93. The Balaban J connectivity index is 2.17. The van der Waals surface area contributed by atoms with Gasteiger partial charge in [0.15, 0.2) is 4.80 Å². The Morgan fingerprint density at radius 2 is 2.15 bits per heavy atom. The van der Waals surface area contributed by atoms with Gasteiger partial charge in [-0.3, -0.25) is 4.79 Å². The number of carbonyl (C=O) groups excluding carboxylic acids is 1. The van der Waals surface area contributed by atoms with Crippen LogP contribution < -0.4 is 4.80 Å². The number of carbonyl (C=O) groups is 1. The molecule has 100 valence electrons. The van der Waals surface area contributed by atoms with E-state index in [2.05, 4.69) is 11.6 Å². The fraction of sp³-hybridized carbons (Fsp3) is 0.0667. The van der Waals surface area contributed by atoms with Gasteiger partial charge in [0.2, 0.25) is 0 Å². The predicted molar refractivity (Wildman–Crippen MR) is 84.2 cm³/mol. The maximum atomic E-state index is 12.1. The van der Waals surface area contributed by atoms with E-state index in [1.165, 1.54) is 22.7 Å². The molecule has 0 bridgehead atoms. The molecule has 1 amide bonds. The maximum Gasteiger partial charge on any atom is 0.289 e. The number of thiophene rings is 1. The second kappa shape index (κ2) is 5.56. The van der Waals surface area contributed by atoms with Crippen molar-refractivity contribution in [2.75, 3.05) is 0 Å². The minimum atomic E-state index is -0.190. The van der Waals surface area contributed by atoms with Crippen LogP contribution in [-0.4, -0.2) is 10.5 Å². The van der Waals surface area contributed by atoms with Crippen LogP contribution in [0.1, 0.15) is 9.67 Å². The van der Waals surface area contributed by atoms with Crippen molar-refractivity contribution < 1.29 is 4.79 Å². The summed E-state index contributed by atoms with van der Waals surface area (Å²) in [6.45, 7) is 4.41. The quantitative estimate of drug-likeness (QED) is 0.679. The Hall–Kier alpha value is -1.98. The number of para-hydroxylation sites is 1. The number of benzene rings is 1. The Morgan fingerprint density at radius 1 is 1.30 bits per heavy atom. The van der Waals surface area contributed by atoms with E-state index in [4.69, 9.17) is 0 Å². The van der Waals surface area contributed by atoms with Crippen LogP contribution in [0.5, 0.6) is 0 Å². The zero-order chi connectivity index (χ0) is 13.9. The van der Waals surface area contributed by atoms with Gasteiger partial charge >= 0.3 is 0 Å². The van der Waals surface area contributed by atoms with Crippen LogP contribution in [0.2, 0.25) is 0 Å². The van der Waals surface area contributed by atoms with Gasteiger partial charge in [0, 0.05) is 6.54 Å². The molecule has 3 rings (SSSR count). The molecule has 0 radical (unpaired) electrons. The highest BCUT2D eigenvalue weighted by atomic mass is 32.1. The molecule has 0 saturated heterocycles. The summed E-state index contributed by atoms with van der Waals surface area (Å²) in [5.74, 6) is -0.190. The van der Waals surface area contributed by atoms with Gasteiger partial charge in [-0.15, -0.1) is 17.9 Å². The third-order valence-electron chi connectivity index (χ3n) is 2.83. The van der Waals surface area contributed by atoms with Crippen molar-refractivity contribution in [1.82, 2.24) is 4.57 Å². The molecule has 0 unspecified atom stereocenters. The smallest absolute Gasteiger partial charge is 0.289 e. The van der Waals surface area contributed by atoms with Gasteiger partial charge in [-0.25, -0.2) is 0 Å². The van der Waals surface area contributed by atoms with E-state index in [1.54, 1.807) is 6.07 Å². The third kappa shape index (κ3) is 2.37. The van der Waals surface area contributed by atoms with Crippen molar-refractivity contribution in [3.8, 4) is 0 Å². The first kappa shape index (κ1) is 13.0. The van der Waals surface area contributed by atoms with E-state index in [0.717, 1.165) is 10.2 Å². The Morgan fingerprint density at radius 3 is 2.90 bits per heavy atom. The zero-order valence-corrected chi connectivity index (χ0v) is 12.3. The summed E-state index contributed by atoms with van der Waals surface area (Å²) in [7, 11) is 0. The van der Waals surface area contributed by atoms with Crippen LogP contribution in [0.3, 0.4) is 0 Å². The first-order chi connectivity index (χ1) is 9.79. The van der Waals surface area contributed by atoms with Crippen LogP contribution in [0.15, 0.2) is 59.4 Å². The highest BCUT2D eigenvalue weighted by Crippen LogP contribution is 2.17. The molecule has 1 aromatic carbocycles. The minimum Gasteiger partial charge on any atom is -0.312 e. The summed E-state index contributed by atoms with van der Waals surface area (Å²) in [5, 5.41) is 1.88. The average molecular weight is 300 g/mol. The van der Waals surface area contributed by atoms with Gasteiger partial charge in [-0.05, 0) is 23.6 Å². The monoisotopic (exact) mass is 300 g/mol. The minimum absolute atomic E-state index is 0.190. The number of fused-ring (bicyclic) bond motifs is 1. The summed E-state index contributed by atoms with van der Waals surface area (Å²) < 4.78 is 3.13. The van der Waals surface area contributed by atoms with Crippen molar-refractivity contribution in [3.63, 3.8) is 0 Å². The molecule has 2 heterocycles. The van der Waals surface area contributed by atoms with E-state index in [-0.39, 0.29) is 5.91 Å². The zero-order valence-electron chi connectivity index (χ0n) is 10.7. The van der Waals surface area contributed by atoms with Crippen molar-refractivity contribution in [3.05, 3.63) is 64.1 Å². The standard InChI is InChI=1S/C15H12N2OS2/c1-2-9-17-11-6-3-4-7-12(11)20-15(17)16-14(18)13-8-5-10-19-13/h2-8,10H,1,9H2. The lowest BCUT2D eigenvalue weighted by Gasteiger charge is -1.99. The summed E-state index contributed by atoms with van der Waals surface area (Å²) in [4.78, 5) is 17.8. The molecule has 2 aromatic heterocycles. The van der Waals surface area contributed by atoms with E-state index in [1.807, 2.05) is 46.4 Å². The van der Waals surface area contributed by atoms with Crippen LogP contribution in [0, 0.1) is 0 Å². The van der Waals surface area contributed by atoms with Gasteiger partial charge < -0.3 is 4.57 Å². The van der Waals surface area contributed by atoms with E-state index in [9.17, 15) is 4.79 Å². The van der Waals surface area contributed by atoms with E-state index in [0.29, 0.717) is 16.2 Å². The molecular formula is C15H12N2OS2. The second-order valence-electron chi connectivity index (χ2n) is 4.15. The lowest BCUT2D eigenvalue weighted by Crippen LogP contribution is -2.15. The summed E-state index contributed by atoms with van der Waals surface area (Å²) in [6, 6.07) is 11.7. The van der Waals surface area contributed by atoms with Gasteiger partial charge in [0.1, 0.15) is 0 Å². The lowest BCUT2D eigenvalue weighted by molar-refractivity contribution is 0.100. The largest absolute Gasteiger partial charge is 0.312 e.